The average molecular weight is 445 g/mol. The molecule has 0 aliphatic heterocycles. The Balaban J connectivity index is 2.24. The molecule has 0 saturated heterocycles. The first-order chi connectivity index (χ1) is 16.0. The van der Waals surface area contributed by atoms with Gasteiger partial charge in [-0.05, 0) is 106 Å². The highest BCUT2D eigenvalue weighted by atomic mass is 16.5. The Morgan fingerprint density at radius 2 is 1.06 bits per heavy atom. The maximum atomic E-state index is 5.45. The lowest BCUT2D eigenvalue weighted by Crippen LogP contribution is -2.23. The van der Waals surface area contributed by atoms with Crippen LogP contribution in [-0.2, 0) is 0 Å². The van der Waals surface area contributed by atoms with Gasteiger partial charge in [0.2, 0.25) is 0 Å². The van der Waals surface area contributed by atoms with E-state index in [2.05, 4.69) is 112 Å². The third kappa shape index (κ3) is 5.35. The van der Waals surface area contributed by atoms with Crippen molar-refractivity contribution in [3.63, 3.8) is 0 Å². The van der Waals surface area contributed by atoms with Gasteiger partial charge in [0.05, 0.1) is 7.11 Å². The lowest BCUT2D eigenvalue weighted by molar-refractivity contribution is 0.414. The normalized spacial score (nSPS) is 11.0. The molecule has 3 heteroatoms. The largest absolute Gasteiger partial charge is 0.497 e. The number of benzene rings is 3. The molecule has 0 amide bonds. The van der Waals surface area contributed by atoms with E-state index in [1.807, 2.05) is 0 Å². The molecule has 0 aromatic heterocycles. The number of nitrogens with zero attached hydrogens (tertiary/aromatic N) is 2. The second-order valence-corrected chi connectivity index (χ2v) is 8.63. The molecule has 0 atom stereocenters. The Hall–Kier alpha value is -2.94. The van der Waals surface area contributed by atoms with Crippen LogP contribution in [0.4, 0.5) is 11.4 Å². The fraction of sp³-hybridized carbons (Fsp3) is 0.400. The van der Waals surface area contributed by atoms with Crippen molar-refractivity contribution in [1.82, 2.24) is 0 Å². The number of hydrogen-bond donors (Lipinski definition) is 0. The van der Waals surface area contributed by atoms with Gasteiger partial charge >= 0.3 is 0 Å². The monoisotopic (exact) mass is 444 g/mol. The first-order valence-electron chi connectivity index (χ1n) is 12.3. The van der Waals surface area contributed by atoms with Gasteiger partial charge in [0.15, 0.2) is 0 Å². The minimum absolute atomic E-state index is 0.155. The van der Waals surface area contributed by atoms with Crippen molar-refractivity contribution in [3.05, 3.63) is 88.5 Å². The van der Waals surface area contributed by atoms with Gasteiger partial charge in [-0.1, -0.05) is 24.3 Å². The number of hydrogen-bond acceptors (Lipinski definition) is 3. The predicted molar refractivity (Wildman–Crippen MR) is 143 cm³/mol. The minimum Gasteiger partial charge on any atom is -0.497 e. The van der Waals surface area contributed by atoms with Gasteiger partial charge in [-0.2, -0.15) is 0 Å². The molecule has 0 heterocycles. The Morgan fingerprint density at radius 1 is 0.636 bits per heavy atom. The molecule has 0 unspecified atom stereocenters. The summed E-state index contributed by atoms with van der Waals surface area (Å²) >= 11 is 0. The maximum Gasteiger partial charge on any atom is 0.118 e. The molecule has 0 aliphatic carbocycles. The van der Waals surface area contributed by atoms with E-state index < -0.39 is 0 Å². The van der Waals surface area contributed by atoms with Crippen LogP contribution in [0.5, 0.6) is 5.75 Å². The number of rotatable bonds is 10. The van der Waals surface area contributed by atoms with Crippen molar-refractivity contribution < 1.29 is 4.74 Å². The highest BCUT2D eigenvalue weighted by Crippen LogP contribution is 2.39. The van der Waals surface area contributed by atoms with Crippen molar-refractivity contribution in [2.45, 2.75) is 47.5 Å². The molecule has 3 aromatic carbocycles. The van der Waals surface area contributed by atoms with Crippen molar-refractivity contribution in [1.29, 1.82) is 0 Å². The first-order valence-corrected chi connectivity index (χ1v) is 12.3. The van der Waals surface area contributed by atoms with Crippen LogP contribution in [0.3, 0.4) is 0 Å². The van der Waals surface area contributed by atoms with Crippen LogP contribution < -0.4 is 14.5 Å². The van der Waals surface area contributed by atoms with Crippen LogP contribution in [-0.4, -0.2) is 33.3 Å². The molecular weight excluding hydrogens is 404 g/mol. The van der Waals surface area contributed by atoms with Crippen LogP contribution in [0.1, 0.15) is 61.4 Å². The molecule has 0 N–H and O–H groups in total. The highest BCUT2D eigenvalue weighted by molar-refractivity contribution is 5.60. The number of anilines is 2. The van der Waals surface area contributed by atoms with Crippen LogP contribution in [0, 0.1) is 13.8 Å². The van der Waals surface area contributed by atoms with Crippen molar-refractivity contribution in [2.24, 2.45) is 0 Å². The van der Waals surface area contributed by atoms with Gasteiger partial charge in [0, 0.05) is 43.5 Å². The zero-order valence-corrected chi connectivity index (χ0v) is 21.5. The summed E-state index contributed by atoms with van der Waals surface area (Å²) in [6.07, 6.45) is 0. The Labute approximate surface area is 201 Å². The van der Waals surface area contributed by atoms with E-state index in [0.717, 1.165) is 31.9 Å². The Morgan fingerprint density at radius 3 is 1.42 bits per heavy atom. The molecule has 3 nitrogen and oxygen atoms in total. The summed E-state index contributed by atoms with van der Waals surface area (Å²) in [7, 11) is 1.72. The first kappa shape index (κ1) is 24.7. The summed E-state index contributed by atoms with van der Waals surface area (Å²) in [6, 6.07) is 22.5. The predicted octanol–water partition coefficient (Wildman–Crippen LogP) is 7.18. The Kier molecular flexibility index (Phi) is 8.43. The summed E-state index contributed by atoms with van der Waals surface area (Å²) in [5.41, 5.74) is 9.23. The van der Waals surface area contributed by atoms with E-state index in [-0.39, 0.29) is 5.92 Å². The molecule has 3 aromatic rings. The third-order valence-corrected chi connectivity index (χ3v) is 6.85. The van der Waals surface area contributed by atoms with Gasteiger partial charge in [-0.15, -0.1) is 0 Å². The van der Waals surface area contributed by atoms with Crippen LogP contribution >= 0.6 is 0 Å². The third-order valence-electron chi connectivity index (χ3n) is 6.85. The maximum absolute atomic E-state index is 5.45. The molecule has 0 spiro atoms. The average Bonchev–Trinajstić information content (AvgIpc) is 2.84. The topological polar surface area (TPSA) is 15.7 Å². The summed E-state index contributed by atoms with van der Waals surface area (Å²) in [5, 5.41) is 0. The zero-order valence-electron chi connectivity index (χ0n) is 21.5. The standard InChI is InChI=1S/C30H40N2O/c1-8-31(9-2)25-16-12-22(5)28(20-25)30(24-14-18-27(33-7)19-15-24)29-21-26(17-13-23(29)6)32(10-3)11-4/h12-21,30H,8-11H2,1-7H3. The summed E-state index contributed by atoms with van der Waals surface area (Å²) in [4.78, 5) is 4.85. The second-order valence-electron chi connectivity index (χ2n) is 8.63. The molecule has 0 radical (unpaired) electrons. The van der Waals surface area contributed by atoms with E-state index in [0.29, 0.717) is 0 Å². The highest BCUT2D eigenvalue weighted by Gasteiger charge is 2.23. The fourth-order valence-corrected chi connectivity index (χ4v) is 4.77. The molecule has 176 valence electrons. The van der Waals surface area contributed by atoms with Gasteiger partial charge in [-0.3, -0.25) is 0 Å². The van der Waals surface area contributed by atoms with E-state index in [1.54, 1.807) is 7.11 Å². The van der Waals surface area contributed by atoms with E-state index >= 15 is 0 Å². The zero-order chi connectivity index (χ0) is 24.0. The summed E-state index contributed by atoms with van der Waals surface area (Å²) in [6.45, 7) is 17.4. The van der Waals surface area contributed by atoms with E-state index in [4.69, 9.17) is 4.74 Å². The lowest BCUT2D eigenvalue weighted by atomic mass is 9.80. The molecule has 0 fully saturated rings. The quantitative estimate of drug-likeness (QED) is 0.308. The number of ether oxygens (including phenoxy) is 1. The molecule has 3 rings (SSSR count). The molecule has 0 aliphatic rings. The van der Waals surface area contributed by atoms with Gasteiger partial charge < -0.3 is 14.5 Å². The SMILES string of the molecule is CCN(CC)c1ccc(C)c(C(c2ccc(OC)cc2)c2cc(N(CC)CC)ccc2C)c1. The van der Waals surface area contributed by atoms with Gasteiger partial charge in [-0.25, -0.2) is 0 Å². The number of aryl methyl sites for hydroxylation is 2. The molecule has 33 heavy (non-hydrogen) atoms. The fourth-order valence-electron chi connectivity index (χ4n) is 4.77. The van der Waals surface area contributed by atoms with Crippen LogP contribution in [0.15, 0.2) is 60.7 Å². The van der Waals surface area contributed by atoms with Crippen LogP contribution in [0.2, 0.25) is 0 Å². The smallest absolute Gasteiger partial charge is 0.118 e. The van der Waals surface area contributed by atoms with Crippen molar-refractivity contribution in [2.75, 3.05) is 43.1 Å². The second kappa shape index (κ2) is 11.3. The molecular formula is C30H40N2O. The van der Waals surface area contributed by atoms with Gasteiger partial charge in [0.25, 0.3) is 0 Å². The van der Waals surface area contributed by atoms with Gasteiger partial charge in [0.1, 0.15) is 5.75 Å². The van der Waals surface area contributed by atoms with Crippen molar-refractivity contribution >= 4 is 11.4 Å². The van der Waals surface area contributed by atoms with E-state index in [1.165, 1.54) is 39.2 Å². The molecule has 0 saturated carbocycles. The van der Waals surface area contributed by atoms with Crippen LogP contribution in [0.25, 0.3) is 0 Å². The lowest BCUT2D eigenvalue weighted by Gasteiger charge is -2.28. The van der Waals surface area contributed by atoms with Crippen molar-refractivity contribution in [3.8, 4) is 5.75 Å². The Bertz CT molecular complexity index is 972. The summed E-state index contributed by atoms with van der Waals surface area (Å²) in [5.74, 6) is 1.04. The minimum atomic E-state index is 0.155. The van der Waals surface area contributed by atoms with E-state index in [9.17, 15) is 0 Å². The summed E-state index contributed by atoms with van der Waals surface area (Å²) < 4.78 is 5.45. The number of methoxy groups -OCH3 is 1. The molecule has 0 bridgehead atoms.